The first kappa shape index (κ1) is 21.1. The number of fused-ring (bicyclic) bond motifs is 1. The fraction of sp³-hybridized carbons (Fsp3) is 0.296. The van der Waals surface area contributed by atoms with Crippen molar-refractivity contribution in [1.29, 1.82) is 0 Å². The van der Waals surface area contributed by atoms with Gasteiger partial charge in [0.15, 0.2) is 0 Å². The van der Waals surface area contributed by atoms with E-state index in [2.05, 4.69) is 77.7 Å². The highest BCUT2D eigenvalue weighted by molar-refractivity contribution is 5.94. The van der Waals surface area contributed by atoms with E-state index in [0.29, 0.717) is 12.1 Å². The molecule has 0 saturated carbocycles. The van der Waals surface area contributed by atoms with Crippen LogP contribution in [0, 0.1) is 6.92 Å². The summed E-state index contributed by atoms with van der Waals surface area (Å²) in [5.74, 6) is -0.0176. The monoisotopic (exact) mass is 413 g/mol. The van der Waals surface area contributed by atoms with Crippen LogP contribution in [-0.4, -0.2) is 38.0 Å². The lowest BCUT2D eigenvalue weighted by molar-refractivity contribution is 0.0927. The Hall–Kier alpha value is -3.11. The molecular formula is C27H31N3O. The molecule has 0 saturated heterocycles. The number of anilines is 1. The SMILES string of the molecule is Cc1cccc(C(=O)NC[C@H](c2ccc(N(C)C)cc2)N2CCc3ccccc3C2)c1. The summed E-state index contributed by atoms with van der Waals surface area (Å²) < 4.78 is 0. The molecule has 0 unspecified atom stereocenters. The van der Waals surface area contributed by atoms with E-state index in [0.717, 1.165) is 25.1 Å². The summed E-state index contributed by atoms with van der Waals surface area (Å²) in [6, 6.07) is 25.3. The number of carbonyl (C=O) groups excluding carboxylic acids is 1. The number of benzene rings is 3. The number of aryl methyl sites for hydroxylation is 1. The summed E-state index contributed by atoms with van der Waals surface area (Å²) in [5, 5.41) is 3.19. The van der Waals surface area contributed by atoms with Gasteiger partial charge in [-0.2, -0.15) is 0 Å². The Morgan fingerprint density at radius 3 is 2.45 bits per heavy atom. The second-order valence-corrected chi connectivity index (χ2v) is 8.57. The van der Waals surface area contributed by atoms with Gasteiger partial charge in [0.25, 0.3) is 5.91 Å². The maximum atomic E-state index is 12.8. The van der Waals surface area contributed by atoms with Crippen molar-refractivity contribution >= 4 is 11.6 Å². The fourth-order valence-electron chi connectivity index (χ4n) is 4.31. The Morgan fingerprint density at radius 2 is 1.74 bits per heavy atom. The topological polar surface area (TPSA) is 35.6 Å². The van der Waals surface area contributed by atoms with Crippen LogP contribution in [0.3, 0.4) is 0 Å². The first-order chi connectivity index (χ1) is 15.0. The maximum absolute atomic E-state index is 12.8. The van der Waals surface area contributed by atoms with Gasteiger partial charge < -0.3 is 10.2 Å². The van der Waals surface area contributed by atoms with Crippen LogP contribution >= 0.6 is 0 Å². The predicted octanol–water partition coefficient (Wildman–Crippen LogP) is 4.59. The Balaban J connectivity index is 1.56. The standard InChI is InChI=1S/C27H31N3O/c1-20-7-6-10-23(17-20)27(31)28-18-26(22-11-13-25(14-12-22)29(2)3)30-16-15-21-8-4-5-9-24(21)19-30/h4-14,17,26H,15-16,18-19H2,1-3H3,(H,28,31)/t26-/m1/s1. The Bertz CT molecular complexity index is 1040. The van der Waals surface area contributed by atoms with Crippen molar-refractivity contribution in [2.24, 2.45) is 0 Å². The van der Waals surface area contributed by atoms with E-state index in [4.69, 9.17) is 0 Å². The van der Waals surface area contributed by atoms with Crippen LogP contribution in [0.2, 0.25) is 0 Å². The zero-order chi connectivity index (χ0) is 21.8. The molecule has 160 valence electrons. The van der Waals surface area contributed by atoms with E-state index in [1.807, 2.05) is 31.2 Å². The summed E-state index contributed by atoms with van der Waals surface area (Å²) in [4.78, 5) is 17.4. The highest BCUT2D eigenvalue weighted by Gasteiger charge is 2.25. The zero-order valence-corrected chi connectivity index (χ0v) is 18.6. The van der Waals surface area contributed by atoms with Crippen LogP contribution < -0.4 is 10.2 Å². The van der Waals surface area contributed by atoms with E-state index in [-0.39, 0.29) is 11.9 Å². The molecule has 0 aromatic heterocycles. The first-order valence-corrected chi connectivity index (χ1v) is 10.9. The molecule has 0 radical (unpaired) electrons. The minimum absolute atomic E-state index is 0.0176. The predicted molar refractivity (Wildman–Crippen MR) is 128 cm³/mol. The summed E-state index contributed by atoms with van der Waals surface area (Å²) in [7, 11) is 4.10. The second-order valence-electron chi connectivity index (χ2n) is 8.57. The van der Waals surface area contributed by atoms with E-state index >= 15 is 0 Å². The first-order valence-electron chi connectivity index (χ1n) is 10.9. The van der Waals surface area contributed by atoms with E-state index in [1.165, 1.54) is 22.4 Å². The van der Waals surface area contributed by atoms with E-state index in [1.54, 1.807) is 0 Å². The van der Waals surface area contributed by atoms with Crippen LogP contribution in [0.5, 0.6) is 0 Å². The molecule has 31 heavy (non-hydrogen) atoms. The summed E-state index contributed by atoms with van der Waals surface area (Å²) in [6.45, 7) is 4.47. The van der Waals surface area contributed by atoms with Crippen molar-refractivity contribution in [1.82, 2.24) is 10.2 Å². The largest absolute Gasteiger partial charge is 0.378 e. The summed E-state index contributed by atoms with van der Waals surface area (Å²) in [6.07, 6.45) is 1.04. The number of amides is 1. The molecule has 0 spiro atoms. The van der Waals surface area contributed by atoms with Crippen LogP contribution in [-0.2, 0) is 13.0 Å². The number of rotatable bonds is 6. The number of nitrogens with one attached hydrogen (secondary N) is 1. The molecule has 1 heterocycles. The molecule has 4 nitrogen and oxygen atoms in total. The van der Waals surface area contributed by atoms with E-state index < -0.39 is 0 Å². The minimum Gasteiger partial charge on any atom is -0.378 e. The van der Waals surface area contributed by atoms with Gasteiger partial charge in [0.05, 0.1) is 6.04 Å². The number of hydrogen-bond acceptors (Lipinski definition) is 3. The minimum atomic E-state index is -0.0176. The lowest BCUT2D eigenvalue weighted by Gasteiger charge is -2.36. The highest BCUT2D eigenvalue weighted by atomic mass is 16.1. The van der Waals surface area contributed by atoms with Gasteiger partial charge in [0.2, 0.25) is 0 Å². The van der Waals surface area contributed by atoms with Crippen molar-refractivity contribution in [3.8, 4) is 0 Å². The molecule has 4 rings (SSSR count). The van der Waals surface area contributed by atoms with E-state index in [9.17, 15) is 4.79 Å². The maximum Gasteiger partial charge on any atom is 0.251 e. The number of hydrogen-bond donors (Lipinski definition) is 1. The van der Waals surface area contributed by atoms with Crippen LogP contribution in [0.15, 0.2) is 72.8 Å². The summed E-state index contributed by atoms with van der Waals surface area (Å²) in [5.41, 5.74) is 7.03. The van der Waals surface area contributed by atoms with Gasteiger partial charge in [-0.15, -0.1) is 0 Å². The normalized spacial score (nSPS) is 14.5. The molecule has 1 aliphatic heterocycles. The summed E-state index contributed by atoms with van der Waals surface area (Å²) >= 11 is 0. The van der Waals surface area contributed by atoms with Crippen molar-refractivity contribution in [3.05, 3.63) is 101 Å². The van der Waals surface area contributed by atoms with Gasteiger partial charge in [0, 0.05) is 45.0 Å². The van der Waals surface area contributed by atoms with Gasteiger partial charge in [-0.05, 0) is 54.3 Å². The highest BCUT2D eigenvalue weighted by Crippen LogP contribution is 2.29. The van der Waals surface area contributed by atoms with Gasteiger partial charge in [-0.3, -0.25) is 9.69 Å². The lowest BCUT2D eigenvalue weighted by atomic mass is 9.96. The van der Waals surface area contributed by atoms with Gasteiger partial charge in [-0.1, -0.05) is 54.1 Å². The molecular weight excluding hydrogens is 382 g/mol. The lowest BCUT2D eigenvalue weighted by Crippen LogP contribution is -2.40. The fourth-order valence-corrected chi connectivity index (χ4v) is 4.31. The van der Waals surface area contributed by atoms with Crippen molar-refractivity contribution in [3.63, 3.8) is 0 Å². The molecule has 3 aromatic carbocycles. The molecule has 4 heteroatoms. The van der Waals surface area contributed by atoms with Crippen LogP contribution in [0.1, 0.15) is 38.7 Å². The zero-order valence-electron chi connectivity index (χ0n) is 18.6. The van der Waals surface area contributed by atoms with Crippen LogP contribution in [0.4, 0.5) is 5.69 Å². The van der Waals surface area contributed by atoms with Gasteiger partial charge in [-0.25, -0.2) is 0 Å². The molecule has 3 aromatic rings. The van der Waals surface area contributed by atoms with Crippen molar-refractivity contribution < 1.29 is 4.79 Å². The Kier molecular flexibility index (Phi) is 6.38. The molecule has 0 fully saturated rings. The molecule has 1 aliphatic rings. The molecule has 0 bridgehead atoms. The average molecular weight is 414 g/mol. The van der Waals surface area contributed by atoms with Crippen LogP contribution in [0.25, 0.3) is 0 Å². The molecule has 1 N–H and O–H groups in total. The third-order valence-electron chi connectivity index (χ3n) is 6.13. The molecule has 1 atom stereocenters. The van der Waals surface area contributed by atoms with Gasteiger partial charge in [0.1, 0.15) is 0 Å². The Morgan fingerprint density at radius 1 is 1.00 bits per heavy atom. The van der Waals surface area contributed by atoms with Gasteiger partial charge >= 0.3 is 0 Å². The average Bonchev–Trinajstić information content (AvgIpc) is 2.79. The smallest absolute Gasteiger partial charge is 0.251 e. The molecule has 1 amide bonds. The second kappa shape index (κ2) is 9.36. The van der Waals surface area contributed by atoms with Crippen molar-refractivity contribution in [2.75, 3.05) is 32.1 Å². The molecule has 0 aliphatic carbocycles. The third-order valence-corrected chi connectivity index (χ3v) is 6.13. The number of nitrogens with zero attached hydrogens (tertiary/aromatic N) is 2. The number of carbonyl (C=O) groups is 1. The Labute approximate surface area is 185 Å². The third kappa shape index (κ3) is 4.97. The van der Waals surface area contributed by atoms with Crippen molar-refractivity contribution in [2.45, 2.75) is 25.9 Å². The quantitative estimate of drug-likeness (QED) is 0.642.